The molecule has 0 bridgehead atoms. The van der Waals surface area contributed by atoms with Crippen LogP contribution >= 0.6 is 11.3 Å². The fraction of sp³-hybridized carbons (Fsp3) is 0.611. The second-order valence-electron chi connectivity index (χ2n) is 7.25. The molecule has 1 saturated heterocycles. The molecule has 1 saturated carbocycles. The maximum Gasteiger partial charge on any atom is 0.231 e. The van der Waals surface area contributed by atoms with Gasteiger partial charge in [0.1, 0.15) is 0 Å². The van der Waals surface area contributed by atoms with E-state index >= 15 is 0 Å². The van der Waals surface area contributed by atoms with Crippen molar-refractivity contribution in [1.29, 1.82) is 0 Å². The van der Waals surface area contributed by atoms with Gasteiger partial charge in [-0.2, -0.15) is 5.10 Å². The Morgan fingerprint density at radius 2 is 2.28 bits per heavy atom. The highest BCUT2D eigenvalue weighted by Crippen LogP contribution is 2.41. The van der Waals surface area contributed by atoms with E-state index in [0.717, 1.165) is 61.5 Å². The van der Waals surface area contributed by atoms with Crippen LogP contribution in [-0.4, -0.2) is 39.9 Å². The molecule has 2 fully saturated rings. The molecule has 1 amide bonds. The molecule has 2 aromatic rings. The van der Waals surface area contributed by atoms with Crippen molar-refractivity contribution in [3.63, 3.8) is 0 Å². The van der Waals surface area contributed by atoms with E-state index < -0.39 is 0 Å². The number of ether oxygens (including phenoxy) is 1. The third-order valence-corrected chi connectivity index (χ3v) is 6.56. The summed E-state index contributed by atoms with van der Waals surface area (Å²) < 4.78 is 7.73. The molecule has 5 rings (SSSR count). The summed E-state index contributed by atoms with van der Waals surface area (Å²) in [5, 5.41) is 5.23. The van der Waals surface area contributed by atoms with Crippen molar-refractivity contribution < 1.29 is 9.53 Å². The maximum absolute atomic E-state index is 12.9. The molecule has 132 valence electrons. The third-order valence-electron chi connectivity index (χ3n) is 5.43. The molecular weight excluding hydrogens is 336 g/mol. The number of nitrogens with zero attached hydrogens (tertiary/aromatic N) is 4. The number of rotatable bonds is 4. The van der Waals surface area contributed by atoms with Crippen LogP contribution in [0.2, 0.25) is 0 Å². The van der Waals surface area contributed by atoms with Gasteiger partial charge in [0.15, 0.2) is 5.13 Å². The van der Waals surface area contributed by atoms with Gasteiger partial charge in [-0.1, -0.05) is 0 Å². The molecule has 0 radical (unpaired) electrons. The molecule has 2 aliphatic carbocycles. The van der Waals surface area contributed by atoms with E-state index in [1.807, 2.05) is 22.8 Å². The van der Waals surface area contributed by atoms with Crippen LogP contribution in [0.4, 0.5) is 5.13 Å². The maximum atomic E-state index is 12.9. The number of aromatic nitrogens is 3. The molecular formula is C18H22N4O2S. The summed E-state index contributed by atoms with van der Waals surface area (Å²) in [5.74, 6) is 0.421. The Morgan fingerprint density at radius 3 is 3.04 bits per heavy atom. The summed E-state index contributed by atoms with van der Waals surface area (Å²) in [4.78, 5) is 21.0. The molecule has 7 heteroatoms. The SMILES string of the molecule is Cn1ncc2c1CCc1sc(N(C[C@@H]3CCCO3)C(=O)C3CC3)nc1-2. The minimum Gasteiger partial charge on any atom is -0.376 e. The van der Waals surface area contributed by atoms with Gasteiger partial charge in [-0.05, 0) is 38.5 Å². The molecule has 3 heterocycles. The van der Waals surface area contributed by atoms with Crippen molar-refractivity contribution in [2.75, 3.05) is 18.1 Å². The third kappa shape index (κ3) is 2.69. The zero-order chi connectivity index (χ0) is 17.0. The number of amides is 1. The van der Waals surface area contributed by atoms with Gasteiger partial charge < -0.3 is 4.74 Å². The summed E-state index contributed by atoms with van der Waals surface area (Å²) in [5.41, 5.74) is 3.39. The van der Waals surface area contributed by atoms with E-state index in [4.69, 9.17) is 9.72 Å². The molecule has 2 aromatic heterocycles. The molecule has 1 aliphatic heterocycles. The van der Waals surface area contributed by atoms with Gasteiger partial charge in [0.2, 0.25) is 5.91 Å². The summed E-state index contributed by atoms with van der Waals surface area (Å²) in [6.07, 6.45) is 8.17. The van der Waals surface area contributed by atoms with E-state index in [1.54, 1.807) is 11.3 Å². The van der Waals surface area contributed by atoms with Gasteiger partial charge in [-0.25, -0.2) is 4.98 Å². The van der Waals surface area contributed by atoms with Crippen LogP contribution in [0, 0.1) is 5.92 Å². The number of fused-ring (bicyclic) bond motifs is 3. The number of hydrogen-bond acceptors (Lipinski definition) is 5. The van der Waals surface area contributed by atoms with Crippen LogP contribution in [0.15, 0.2) is 6.20 Å². The predicted molar refractivity (Wildman–Crippen MR) is 95.8 cm³/mol. The fourth-order valence-corrected chi connectivity index (χ4v) is 4.92. The summed E-state index contributed by atoms with van der Waals surface area (Å²) in [6.45, 7) is 1.45. The smallest absolute Gasteiger partial charge is 0.231 e. The first-order valence-electron chi connectivity index (χ1n) is 9.14. The Balaban J connectivity index is 1.49. The first-order chi connectivity index (χ1) is 12.2. The summed E-state index contributed by atoms with van der Waals surface area (Å²) >= 11 is 1.67. The lowest BCUT2D eigenvalue weighted by atomic mass is 10.0. The molecule has 1 atom stereocenters. The number of hydrogen-bond donors (Lipinski definition) is 0. The van der Waals surface area contributed by atoms with Crippen LogP contribution in [0.5, 0.6) is 0 Å². The van der Waals surface area contributed by atoms with Gasteiger partial charge in [-0.3, -0.25) is 14.4 Å². The van der Waals surface area contributed by atoms with E-state index in [-0.39, 0.29) is 17.9 Å². The predicted octanol–water partition coefficient (Wildman–Crippen LogP) is 2.56. The van der Waals surface area contributed by atoms with Crippen LogP contribution in [0.1, 0.15) is 36.3 Å². The van der Waals surface area contributed by atoms with Gasteiger partial charge >= 0.3 is 0 Å². The Labute approximate surface area is 150 Å². The van der Waals surface area contributed by atoms with E-state index in [1.165, 1.54) is 10.6 Å². The van der Waals surface area contributed by atoms with Crippen LogP contribution in [-0.2, 0) is 29.4 Å². The summed E-state index contributed by atoms with van der Waals surface area (Å²) in [6, 6.07) is 0. The quantitative estimate of drug-likeness (QED) is 0.843. The average molecular weight is 358 g/mol. The molecule has 0 aromatic carbocycles. The highest BCUT2D eigenvalue weighted by molar-refractivity contribution is 7.16. The molecule has 6 nitrogen and oxygen atoms in total. The topological polar surface area (TPSA) is 60.2 Å². The second-order valence-corrected chi connectivity index (χ2v) is 8.32. The number of carbonyl (C=O) groups is 1. The zero-order valence-corrected chi connectivity index (χ0v) is 15.2. The molecule has 0 spiro atoms. The normalized spacial score (nSPS) is 21.9. The lowest BCUT2D eigenvalue weighted by Gasteiger charge is -2.23. The van der Waals surface area contributed by atoms with E-state index in [9.17, 15) is 4.79 Å². The number of carbonyl (C=O) groups excluding carboxylic acids is 1. The molecule has 25 heavy (non-hydrogen) atoms. The second kappa shape index (κ2) is 5.92. The standard InChI is InChI=1S/C18H22N4O2S/c1-21-14-6-7-15-16(13(14)9-19-21)20-18(25-15)22(17(23)11-4-5-11)10-12-3-2-8-24-12/h9,11-12H,2-8,10H2,1H3/t12-/m0/s1. The number of aryl methyl sites for hydroxylation is 2. The van der Waals surface area contributed by atoms with Gasteiger partial charge in [0, 0.05) is 35.7 Å². The summed E-state index contributed by atoms with van der Waals surface area (Å²) in [7, 11) is 1.98. The average Bonchev–Trinajstić information content (AvgIpc) is 3.01. The van der Waals surface area contributed by atoms with Crippen LogP contribution < -0.4 is 4.90 Å². The number of thiazole rings is 1. The number of anilines is 1. The van der Waals surface area contributed by atoms with Crippen LogP contribution in [0.3, 0.4) is 0 Å². The molecule has 3 aliphatic rings. The molecule has 0 unspecified atom stereocenters. The van der Waals surface area contributed by atoms with Crippen molar-refractivity contribution in [1.82, 2.24) is 14.8 Å². The van der Waals surface area contributed by atoms with Crippen LogP contribution in [0.25, 0.3) is 11.3 Å². The first-order valence-corrected chi connectivity index (χ1v) is 9.96. The lowest BCUT2D eigenvalue weighted by Crippen LogP contribution is -2.38. The van der Waals surface area contributed by atoms with Gasteiger partial charge in [-0.15, -0.1) is 11.3 Å². The van der Waals surface area contributed by atoms with Crippen molar-refractivity contribution >= 4 is 22.4 Å². The Morgan fingerprint density at radius 1 is 1.40 bits per heavy atom. The van der Waals surface area contributed by atoms with Crippen molar-refractivity contribution in [2.24, 2.45) is 13.0 Å². The van der Waals surface area contributed by atoms with Crippen molar-refractivity contribution in [3.05, 3.63) is 16.8 Å². The monoisotopic (exact) mass is 358 g/mol. The first kappa shape index (κ1) is 15.5. The Kier molecular flexibility index (Phi) is 3.67. The van der Waals surface area contributed by atoms with E-state index in [0.29, 0.717) is 6.54 Å². The van der Waals surface area contributed by atoms with Crippen molar-refractivity contribution in [2.45, 2.75) is 44.6 Å². The largest absolute Gasteiger partial charge is 0.376 e. The zero-order valence-electron chi connectivity index (χ0n) is 14.4. The highest BCUT2D eigenvalue weighted by Gasteiger charge is 2.37. The minimum absolute atomic E-state index is 0.151. The fourth-order valence-electron chi connectivity index (χ4n) is 3.83. The van der Waals surface area contributed by atoms with Gasteiger partial charge in [0.25, 0.3) is 0 Å². The lowest BCUT2D eigenvalue weighted by molar-refractivity contribution is -0.120. The van der Waals surface area contributed by atoms with E-state index in [2.05, 4.69) is 5.10 Å². The molecule has 0 N–H and O–H groups in total. The van der Waals surface area contributed by atoms with Crippen molar-refractivity contribution in [3.8, 4) is 11.3 Å². The Hall–Kier alpha value is -1.73. The highest BCUT2D eigenvalue weighted by atomic mass is 32.1. The Bertz CT molecular complexity index is 817. The minimum atomic E-state index is 0.151. The van der Waals surface area contributed by atoms with Gasteiger partial charge in [0.05, 0.1) is 24.5 Å².